The molecule has 1 spiro atoms. The summed E-state index contributed by atoms with van der Waals surface area (Å²) in [6.45, 7) is 6.42. The first kappa shape index (κ1) is 21.3. The molecule has 0 fully saturated rings. The molecule has 152 valence electrons. The Kier molecular flexibility index (Phi) is 6.71. The van der Waals surface area contributed by atoms with Gasteiger partial charge in [0.05, 0.1) is 19.4 Å². The first-order chi connectivity index (χ1) is 13.2. The lowest BCUT2D eigenvalue weighted by Crippen LogP contribution is -2.41. The lowest BCUT2D eigenvalue weighted by Gasteiger charge is -2.29. The highest BCUT2D eigenvalue weighted by Crippen LogP contribution is 2.43. The van der Waals surface area contributed by atoms with Gasteiger partial charge in [0.2, 0.25) is 5.90 Å². The zero-order valence-corrected chi connectivity index (χ0v) is 16.4. The lowest BCUT2D eigenvalue weighted by atomic mass is 9.74. The van der Waals surface area contributed by atoms with Crippen molar-refractivity contribution >= 4 is 29.7 Å². The van der Waals surface area contributed by atoms with Gasteiger partial charge in [-0.3, -0.25) is 9.59 Å². The van der Waals surface area contributed by atoms with Crippen LogP contribution in [0.5, 0.6) is 0 Å². The Hall–Kier alpha value is -2.97. The summed E-state index contributed by atoms with van der Waals surface area (Å²) >= 11 is 0. The third kappa shape index (κ3) is 4.29. The van der Waals surface area contributed by atoms with Crippen LogP contribution in [0.1, 0.15) is 47.0 Å². The normalized spacial score (nSPS) is 21.0. The first-order valence-electron chi connectivity index (χ1n) is 9.08. The standard InChI is InChI=1S/C19H24N2O7/c1-5-26-15(23)14(16(24)27-6-2)11-21-18(25)19(9-7-12(3)8-10-19)17(20-21)28-13(4)22/h7,11H,5-6,8-10H2,1-4H3/t19-/m1/s1. The molecule has 1 aliphatic heterocycles. The monoisotopic (exact) mass is 392 g/mol. The van der Waals surface area contributed by atoms with E-state index in [0.29, 0.717) is 19.3 Å². The van der Waals surface area contributed by atoms with E-state index in [9.17, 15) is 19.2 Å². The minimum Gasteiger partial charge on any atom is -0.462 e. The molecule has 0 unspecified atom stereocenters. The third-order valence-electron chi connectivity index (χ3n) is 4.45. The number of esters is 3. The van der Waals surface area contributed by atoms with E-state index in [-0.39, 0.29) is 19.1 Å². The van der Waals surface area contributed by atoms with Crippen LogP contribution in [0.4, 0.5) is 0 Å². The Bertz CT molecular complexity index is 761. The van der Waals surface area contributed by atoms with Crippen LogP contribution in [0.15, 0.2) is 28.5 Å². The zero-order chi connectivity index (χ0) is 20.9. The van der Waals surface area contributed by atoms with E-state index in [1.54, 1.807) is 13.8 Å². The van der Waals surface area contributed by atoms with Gasteiger partial charge in [-0.25, -0.2) is 14.6 Å². The van der Waals surface area contributed by atoms with Crippen molar-refractivity contribution in [2.45, 2.75) is 47.0 Å². The molecule has 0 aromatic carbocycles. The van der Waals surface area contributed by atoms with Crippen molar-refractivity contribution in [3.63, 3.8) is 0 Å². The molecule has 1 amide bonds. The topological polar surface area (TPSA) is 112 Å². The van der Waals surface area contributed by atoms with Crippen LogP contribution in [0.3, 0.4) is 0 Å². The second-order valence-electron chi connectivity index (χ2n) is 6.47. The largest absolute Gasteiger partial charge is 0.462 e. The summed E-state index contributed by atoms with van der Waals surface area (Å²) in [6, 6.07) is 0. The number of hydrogen-bond donors (Lipinski definition) is 0. The van der Waals surface area contributed by atoms with E-state index in [2.05, 4.69) is 5.10 Å². The lowest BCUT2D eigenvalue weighted by molar-refractivity contribution is -0.146. The van der Waals surface area contributed by atoms with Gasteiger partial charge < -0.3 is 14.2 Å². The van der Waals surface area contributed by atoms with E-state index in [1.165, 1.54) is 6.92 Å². The van der Waals surface area contributed by atoms with Crippen LogP contribution in [0.25, 0.3) is 0 Å². The van der Waals surface area contributed by atoms with E-state index in [0.717, 1.165) is 16.8 Å². The van der Waals surface area contributed by atoms with E-state index in [1.807, 2.05) is 13.0 Å². The minimum atomic E-state index is -1.14. The van der Waals surface area contributed by atoms with E-state index < -0.39 is 34.8 Å². The average molecular weight is 392 g/mol. The summed E-state index contributed by atoms with van der Waals surface area (Å²) < 4.78 is 14.9. The molecular weight excluding hydrogens is 368 g/mol. The summed E-state index contributed by atoms with van der Waals surface area (Å²) in [4.78, 5) is 48.9. The predicted octanol–water partition coefficient (Wildman–Crippen LogP) is 1.83. The fourth-order valence-corrected chi connectivity index (χ4v) is 2.97. The smallest absolute Gasteiger partial charge is 0.347 e. The number of carbonyl (C=O) groups is 4. The van der Waals surface area contributed by atoms with Crippen molar-refractivity contribution in [3.05, 3.63) is 23.4 Å². The molecule has 0 bridgehead atoms. The van der Waals surface area contributed by atoms with Crippen LogP contribution in [0, 0.1) is 5.41 Å². The van der Waals surface area contributed by atoms with Crippen LogP contribution < -0.4 is 0 Å². The van der Waals surface area contributed by atoms with Crippen molar-refractivity contribution in [2.75, 3.05) is 13.2 Å². The Morgan fingerprint density at radius 3 is 2.29 bits per heavy atom. The second kappa shape index (κ2) is 8.81. The molecule has 1 atom stereocenters. The number of amides is 1. The molecule has 0 radical (unpaired) electrons. The van der Waals surface area contributed by atoms with Crippen molar-refractivity contribution in [2.24, 2.45) is 10.5 Å². The SMILES string of the molecule is CCOC(=O)C(=CN1N=C(OC(C)=O)[C@]2(CC=C(C)CC2)C1=O)C(=O)OCC. The number of rotatable bonds is 5. The summed E-state index contributed by atoms with van der Waals surface area (Å²) in [5.41, 5.74) is -0.494. The van der Waals surface area contributed by atoms with Crippen molar-refractivity contribution < 1.29 is 33.4 Å². The molecule has 2 rings (SSSR count). The fraction of sp³-hybridized carbons (Fsp3) is 0.526. The van der Waals surface area contributed by atoms with Gasteiger partial charge in [-0.1, -0.05) is 11.6 Å². The fourth-order valence-electron chi connectivity index (χ4n) is 2.97. The molecule has 9 heteroatoms. The summed E-state index contributed by atoms with van der Waals surface area (Å²) in [5, 5.41) is 4.93. The molecule has 0 N–H and O–H groups in total. The molecule has 9 nitrogen and oxygen atoms in total. The van der Waals surface area contributed by atoms with Gasteiger partial charge in [0.25, 0.3) is 5.91 Å². The number of hydrazone groups is 1. The first-order valence-corrected chi connectivity index (χ1v) is 9.08. The number of hydrogen-bond acceptors (Lipinski definition) is 8. The molecule has 0 saturated carbocycles. The van der Waals surface area contributed by atoms with Gasteiger partial charge in [-0.05, 0) is 40.0 Å². The highest BCUT2D eigenvalue weighted by atomic mass is 16.6. The molecule has 0 saturated heterocycles. The molecule has 2 aliphatic rings. The average Bonchev–Trinajstić information content (AvgIpc) is 2.87. The van der Waals surface area contributed by atoms with Crippen LogP contribution in [-0.4, -0.2) is 47.9 Å². The quantitative estimate of drug-likeness (QED) is 0.175. The molecular formula is C19H24N2O7. The van der Waals surface area contributed by atoms with Crippen LogP contribution >= 0.6 is 0 Å². The van der Waals surface area contributed by atoms with Gasteiger partial charge in [-0.15, -0.1) is 5.10 Å². The van der Waals surface area contributed by atoms with Gasteiger partial charge in [0.1, 0.15) is 5.41 Å². The van der Waals surface area contributed by atoms with Gasteiger partial charge in [-0.2, -0.15) is 0 Å². The Balaban J connectivity index is 2.45. The number of allylic oxidation sites excluding steroid dienone is 2. The molecule has 1 aliphatic carbocycles. The molecule has 28 heavy (non-hydrogen) atoms. The van der Waals surface area contributed by atoms with E-state index >= 15 is 0 Å². The second-order valence-corrected chi connectivity index (χ2v) is 6.47. The van der Waals surface area contributed by atoms with Crippen LogP contribution in [0.2, 0.25) is 0 Å². The summed E-state index contributed by atoms with van der Waals surface area (Å²) in [7, 11) is 0. The number of ether oxygens (including phenoxy) is 3. The predicted molar refractivity (Wildman–Crippen MR) is 97.4 cm³/mol. The van der Waals surface area contributed by atoms with Gasteiger partial charge in [0.15, 0.2) is 5.57 Å². The Labute approximate surface area is 163 Å². The highest BCUT2D eigenvalue weighted by molar-refractivity contribution is 6.16. The maximum Gasteiger partial charge on any atom is 0.347 e. The minimum absolute atomic E-state index is 0.0412. The maximum absolute atomic E-state index is 13.1. The molecule has 1 heterocycles. The van der Waals surface area contributed by atoms with E-state index in [4.69, 9.17) is 14.2 Å². The third-order valence-corrected chi connectivity index (χ3v) is 4.45. The zero-order valence-electron chi connectivity index (χ0n) is 16.4. The van der Waals surface area contributed by atoms with Gasteiger partial charge >= 0.3 is 17.9 Å². The number of nitrogens with zero attached hydrogens (tertiary/aromatic N) is 2. The summed E-state index contributed by atoms with van der Waals surface area (Å²) in [6.07, 6.45) is 4.21. The Morgan fingerprint density at radius 1 is 1.21 bits per heavy atom. The number of carbonyl (C=O) groups excluding carboxylic acids is 4. The molecule has 0 aromatic rings. The van der Waals surface area contributed by atoms with Crippen molar-refractivity contribution in [1.82, 2.24) is 5.01 Å². The highest BCUT2D eigenvalue weighted by Gasteiger charge is 2.53. The summed E-state index contributed by atoms with van der Waals surface area (Å²) in [5.74, 6) is -3.01. The van der Waals surface area contributed by atoms with Crippen molar-refractivity contribution in [3.8, 4) is 0 Å². The van der Waals surface area contributed by atoms with Crippen molar-refractivity contribution in [1.29, 1.82) is 0 Å². The van der Waals surface area contributed by atoms with Crippen LogP contribution in [-0.2, 0) is 33.4 Å². The molecule has 0 aromatic heterocycles. The Morgan fingerprint density at radius 2 is 1.82 bits per heavy atom. The maximum atomic E-state index is 13.1. The van der Waals surface area contributed by atoms with Gasteiger partial charge in [0, 0.05) is 6.92 Å².